The van der Waals surface area contributed by atoms with Crippen LogP contribution in [-0.4, -0.2) is 9.79 Å². The summed E-state index contributed by atoms with van der Waals surface area (Å²) in [4.78, 5) is 22.9. The van der Waals surface area contributed by atoms with Crippen LogP contribution in [0.15, 0.2) is 0 Å². The van der Waals surface area contributed by atoms with Crippen LogP contribution in [0.25, 0.3) is 0 Å². The van der Waals surface area contributed by atoms with Gasteiger partial charge in [0.15, 0.2) is 0 Å². The Kier molecular flexibility index (Phi) is 1.74. The van der Waals surface area contributed by atoms with E-state index in [1.54, 1.807) is 0 Å². The first-order valence-electron chi connectivity index (χ1n) is 0.583. The summed E-state index contributed by atoms with van der Waals surface area (Å²) in [7, 11) is -2.87. The normalized spacial score (nSPS) is 9.00. The molecule has 25 valence electrons. The summed E-state index contributed by atoms with van der Waals surface area (Å²) in [5.41, 5.74) is 0. The number of hydrogen-bond donors (Lipinski definition) is 2. The molecule has 0 amide bonds. The fourth-order valence-electron chi connectivity index (χ4n) is 0. The molecule has 3 nitrogen and oxygen atoms in total. The van der Waals surface area contributed by atoms with Crippen LogP contribution in [0.3, 0.4) is 0 Å². The van der Waals surface area contributed by atoms with Gasteiger partial charge in [-0.2, -0.15) is 0 Å². The molecule has 0 aliphatic rings. The van der Waals surface area contributed by atoms with E-state index in [-0.39, 0.29) is 0 Å². The minimum atomic E-state index is -2.87. The minimum absolute atomic E-state index is 2.87. The minimum Gasteiger partial charge on any atom is -0.327 e. The third-order valence-electron chi connectivity index (χ3n) is 0. The molecule has 1 radical (unpaired) electrons. The lowest BCUT2D eigenvalue weighted by atomic mass is 15.8. The summed E-state index contributed by atoms with van der Waals surface area (Å²) in [5, 5.41) is 0. The Labute approximate surface area is 24.5 Å². The molecule has 0 aromatic rings. The van der Waals surface area contributed by atoms with Crippen LogP contribution >= 0.6 is 8.60 Å². The fraction of sp³-hybridized carbons (Fsp3) is 0. The van der Waals surface area contributed by atoms with E-state index in [2.05, 4.69) is 0 Å². The van der Waals surface area contributed by atoms with Crippen molar-refractivity contribution in [2.24, 2.45) is 0 Å². The van der Waals surface area contributed by atoms with E-state index in [4.69, 9.17) is 14.7 Å². The van der Waals surface area contributed by atoms with E-state index in [1.165, 1.54) is 0 Å². The second-order valence-electron chi connectivity index (χ2n) is 0.253. The van der Waals surface area contributed by atoms with Crippen molar-refractivity contribution < 1.29 is 14.7 Å². The van der Waals surface area contributed by atoms with Crippen molar-refractivity contribution in [3.05, 3.63) is 0 Å². The third-order valence-corrected chi connectivity index (χ3v) is 0. The van der Waals surface area contributed by atoms with Gasteiger partial charge in [-0.1, -0.05) is 0 Å². The van der Waals surface area contributed by atoms with Gasteiger partial charge in [0.05, 0.1) is 0 Å². The molecular formula is H2O3P. The van der Waals surface area contributed by atoms with Gasteiger partial charge in [0.2, 0.25) is 0 Å². The van der Waals surface area contributed by atoms with Gasteiger partial charge in [0, 0.05) is 0 Å². The third kappa shape index (κ3) is 41.3. The highest BCUT2D eigenvalue weighted by Gasteiger charge is 1.81. The Balaban J connectivity index is 2.32. The molecule has 0 aliphatic heterocycles. The molecule has 0 bridgehead atoms. The molecule has 0 aromatic carbocycles. The molecule has 0 saturated carbocycles. The molecule has 0 aromatic heterocycles. The van der Waals surface area contributed by atoms with Gasteiger partial charge in [-0.05, 0) is 0 Å². The van der Waals surface area contributed by atoms with Crippen molar-refractivity contribution in [2.45, 2.75) is 0 Å². The topological polar surface area (TPSA) is 60.4 Å². The highest BCUT2D eigenvalue weighted by Crippen LogP contribution is 2.13. The monoisotopic (exact) mass is 81.0 g/mol. The van der Waals surface area contributed by atoms with Gasteiger partial charge in [-0.15, -0.1) is 4.89 Å². The zero-order chi connectivity index (χ0) is 3.58. The van der Waals surface area contributed by atoms with Gasteiger partial charge in [-0.25, -0.2) is 0 Å². The summed E-state index contributed by atoms with van der Waals surface area (Å²) in [6, 6.07) is 0. The van der Waals surface area contributed by atoms with Gasteiger partial charge >= 0.3 is 8.60 Å². The number of rotatable bonds is 0. The second-order valence-corrected chi connectivity index (χ2v) is 0.758. The van der Waals surface area contributed by atoms with E-state index in [1.807, 2.05) is 0 Å². The molecule has 0 fully saturated rings. The highest BCUT2D eigenvalue weighted by atomic mass is 31.2. The Morgan fingerprint density at radius 2 is 1.50 bits per heavy atom. The van der Waals surface area contributed by atoms with Crippen molar-refractivity contribution in [3.8, 4) is 0 Å². The Morgan fingerprint density at radius 3 is 1.50 bits per heavy atom. The highest BCUT2D eigenvalue weighted by molar-refractivity contribution is 7.37. The van der Waals surface area contributed by atoms with Crippen molar-refractivity contribution >= 4 is 8.60 Å². The van der Waals surface area contributed by atoms with Crippen LogP contribution in [0.2, 0.25) is 0 Å². The Morgan fingerprint density at radius 1 is 1.50 bits per heavy atom. The molecule has 0 aliphatic carbocycles. The predicted molar refractivity (Wildman–Crippen MR) is 12.0 cm³/mol. The summed E-state index contributed by atoms with van der Waals surface area (Å²) < 4.78 is 0. The lowest BCUT2D eigenvalue weighted by Crippen LogP contribution is -1.50. The van der Waals surface area contributed by atoms with Crippen LogP contribution in [0, 0.1) is 0 Å². The predicted octanol–water partition coefficient (Wildman–Crippen LogP) is -0.372. The largest absolute Gasteiger partial charge is 0.358 e. The summed E-state index contributed by atoms with van der Waals surface area (Å²) in [6.45, 7) is 0. The maximum Gasteiger partial charge on any atom is 0.358 e. The van der Waals surface area contributed by atoms with Gasteiger partial charge in [0.25, 0.3) is 0 Å². The summed E-state index contributed by atoms with van der Waals surface area (Å²) in [5.74, 6) is 0. The quantitative estimate of drug-likeness (QED) is 0.391. The van der Waals surface area contributed by atoms with Gasteiger partial charge in [0.1, 0.15) is 0 Å². The molecular weight excluding hydrogens is 79.0 g/mol. The maximum absolute atomic E-state index is 8.70. The Bertz CT molecular complexity index is 8.00. The van der Waals surface area contributed by atoms with Crippen molar-refractivity contribution in [3.63, 3.8) is 0 Å². The molecule has 0 rings (SSSR count). The smallest absolute Gasteiger partial charge is 0.327 e. The van der Waals surface area contributed by atoms with E-state index >= 15 is 0 Å². The van der Waals surface area contributed by atoms with E-state index in [9.17, 15) is 0 Å². The van der Waals surface area contributed by atoms with E-state index in [0.717, 1.165) is 0 Å². The average Bonchev–Trinajstić information content (AvgIpc) is 0.811. The SMILES string of the molecule is [O]P(O)O. The first-order valence-corrected chi connectivity index (χ1v) is 1.75. The summed E-state index contributed by atoms with van der Waals surface area (Å²) in [6.07, 6.45) is 0. The fourth-order valence-corrected chi connectivity index (χ4v) is 0. The zero-order valence-corrected chi connectivity index (χ0v) is 2.64. The first-order chi connectivity index (χ1) is 1.73. The van der Waals surface area contributed by atoms with Crippen molar-refractivity contribution in [1.29, 1.82) is 0 Å². The molecule has 0 heterocycles. The maximum atomic E-state index is 8.70. The average molecular weight is 81.0 g/mol. The van der Waals surface area contributed by atoms with Crippen LogP contribution in [0.1, 0.15) is 0 Å². The molecule has 0 spiro atoms. The second kappa shape index (κ2) is 1.61. The van der Waals surface area contributed by atoms with Crippen LogP contribution in [0.4, 0.5) is 0 Å². The van der Waals surface area contributed by atoms with Gasteiger partial charge < -0.3 is 9.79 Å². The molecule has 4 heavy (non-hydrogen) atoms. The van der Waals surface area contributed by atoms with Crippen molar-refractivity contribution in [2.75, 3.05) is 0 Å². The first kappa shape index (κ1) is 4.31. The van der Waals surface area contributed by atoms with Crippen LogP contribution < -0.4 is 0 Å². The lowest BCUT2D eigenvalue weighted by Gasteiger charge is -1.72. The van der Waals surface area contributed by atoms with E-state index in [0.29, 0.717) is 0 Å². The molecule has 0 atom stereocenters. The van der Waals surface area contributed by atoms with Crippen LogP contribution in [0.5, 0.6) is 0 Å². The van der Waals surface area contributed by atoms with Gasteiger partial charge in [-0.3, -0.25) is 0 Å². The molecule has 0 unspecified atom stereocenters. The molecule has 2 N–H and O–H groups in total. The number of hydrogen-bond acceptors (Lipinski definition) is 2. The Hall–Kier alpha value is 0.310. The van der Waals surface area contributed by atoms with Crippen LogP contribution in [-0.2, 0) is 4.89 Å². The molecule has 0 saturated heterocycles. The summed E-state index contributed by atoms with van der Waals surface area (Å²) >= 11 is 0. The standard InChI is InChI=1S/H2O3P/c1-4(2)3/h1-2H. The van der Waals surface area contributed by atoms with E-state index < -0.39 is 8.60 Å². The van der Waals surface area contributed by atoms with Crippen molar-refractivity contribution in [1.82, 2.24) is 0 Å². The molecule has 4 heteroatoms. The lowest BCUT2D eigenvalue weighted by molar-refractivity contribution is 0.316. The zero-order valence-electron chi connectivity index (χ0n) is 1.75.